The van der Waals surface area contributed by atoms with Crippen LogP contribution in [0.15, 0.2) is 0 Å². The van der Waals surface area contributed by atoms with E-state index in [0.717, 1.165) is 0 Å². The maximum Gasteiger partial charge on any atom is 0.267 e. The number of halogens is 2. The van der Waals surface area contributed by atoms with Crippen molar-refractivity contribution in [3.05, 3.63) is 0 Å². The standard InChI is InChI=1S/C8H16F2O3S.C2H7N/c9-6-4-2-1-3-5-8(10)7-14(11,12)13;1-3-2/h8H,1-7H2,(H,11,12,13);3H,1-2H3. The molecule has 0 bridgehead atoms. The highest BCUT2D eigenvalue weighted by Crippen LogP contribution is 2.09. The third kappa shape index (κ3) is 21.6. The molecule has 0 radical (unpaired) electrons. The van der Waals surface area contributed by atoms with Crippen molar-refractivity contribution < 1.29 is 21.8 Å². The molecule has 0 spiro atoms. The second-order valence-corrected chi connectivity index (χ2v) is 5.23. The molecule has 7 heteroatoms. The lowest BCUT2D eigenvalue weighted by atomic mass is 10.1. The van der Waals surface area contributed by atoms with Gasteiger partial charge in [0, 0.05) is 0 Å². The van der Waals surface area contributed by atoms with Gasteiger partial charge in [0.05, 0.1) is 6.67 Å². The molecular weight excluding hydrogens is 252 g/mol. The van der Waals surface area contributed by atoms with E-state index in [9.17, 15) is 17.2 Å². The summed E-state index contributed by atoms with van der Waals surface area (Å²) in [4.78, 5) is 0. The molecule has 0 aromatic carbocycles. The lowest BCUT2D eigenvalue weighted by Crippen LogP contribution is -2.16. The summed E-state index contributed by atoms with van der Waals surface area (Å²) in [7, 11) is -0.456. The Bertz CT molecular complexity index is 248. The first-order valence-electron chi connectivity index (χ1n) is 5.61. The van der Waals surface area contributed by atoms with Crippen LogP contribution in [0, 0.1) is 0 Å². The summed E-state index contributed by atoms with van der Waals surface area (Å²) in [5, 5.41) is 2.75. The first-order chi connectivity index (χ1) is 7.87. The molecule has 0 aliphatic rings. The van der Waals surface area contributed by atoms with Crippen LogP contribution in [-0.2, 0) is 10.1 Å². The van der Waals surface area contributed by atoms with E-state index < -0.39 is 22.0 Å². The van der Waals surface area contributed by atoms with E-state index in [4.69, 9.17) is 4.55 Å². The summed E-state index contributed by atoms with van der Waals surface area (Å²) in [5.74, 6) is -0.837. The van der Waals surface area contributed by atoms with Gasteiger partial charge in [-0.15, -0.1) is 0 Å². The minimum atomic E-state index is -4.21. The van der Waals surface area contributed by atoms with Gasteiger partial charge in [-0.3, -0.25) is 8.94 Å². The van der Waals surface area contributed by atoms with Crippen molar-refractivity contribution in [2.45, 2.75) is 38.3 Å². The Labute approximate surface area is 103 Å². The summed E-state index contributed by atoms with van der Waals surface area (Å²) < 4.78 is 53.2. The van der Waals surface area contributed by atoms with Crippen molar-refractivity contribution in [2.24, 2.45) is 0 Å². The van der Waals surface area contributed by atoms with Crippen LogP contribution in [-0.4, -0.2) is 45.7 Å². The minimum absolute atomic E-state index is 0.103. The quantitative estimate of drug-likeness (QED) is 0.525. The molecule has 0 fully saturated rings. The zero-order valence-electron chi connectivity index (χ0n) is 10.5. The molecule has 17 heavy (non-hydrogen) atoms. The van der Waals surface area contributed by atoms with E-state index in [-0.39, 0.29) is 13.1 Å². The van der Waals surface area contributed by atoms with Crippen molar-refractivity contribution in [3.63, 3.8) is 0 Å². The van der Waals surface area contributed by atoms with Crippen LogP contribution in [0.1, 0.15) is 32.1 Å². The van der Waals surface area contributed by atoms with Gasteiger partial charge in [-0.25, -0.2) is 4.39 Å². The number of hydrogen-bond donors (Lipinski definition) is 2. The first-order valence-corrected chi connectivity index (χ1v) is 7.22. The Kier molecular flexibility index (Phi) is 13.7. The van der Waals surface area contributed by atoms with E-state index in [2.05, 4.69) is 5.32 Å². The van der Waals surface area contributed by atoms with E-state index >= 15 is 0 Å². The molecule has 0 aliphatic carbocycles. The number of hydrogen-bond acceptors (Lipinski definition) is 3. The second-order valence-electron chi connectivity index (χ2n) is 3.74. The molecule has 1 atom stereocenters. The van der Waals surface area contributed by atoms with Crippen molar-refractivity contribution in [1.82, 2.24) is 5.32 Å². The number of nitrogens with one attached hydrogen (secondary N) is 1. The molecule has 0 saturated carbocycles. The molecular formula is C10H23F2NO3S. The molecule has 106 valence electrons. The Morgan fingerprint density at radius 3 is 2.06 bits per heavy atom. The van der Waals surface area contributed by atoms with Crippen LogP contribution < -0.4 is 5.32 Å². The zero-order chi connectivity index (χ0) is 13.7. The fourth-order valence-electron chi connectivity index (χ4n) is 1.13. The zero-order valence-corrected chi connectivity index (χ0v) is 11.3. The van der Waals surface area contributed by atoms with E-state index in [1.807, 2.05) is 14.1 Å². The van der Waals surface area contributed by atoms with Crippen LogP contribution in [0.5, 0.6) is 0 Å². The molecule has 4 nitrogen and oxygen atoms in total. The summed E-state index contributed by atoms with van der Waals surface area (Å²) in [5.41, 5.74) is 0. The molecule has 1 unspecified atom stereocenters. The van der Waals surface area contributed by atoms with Gasteiger partial charge in [0.25, 0.3) is 10.1 Å². The molecule has 0 aromatic heterocycles. The summed E-state index contributed by atoms with van der Waals surface area (Å²) in [6, 6.07) is 0. The SMILES string of the molecule is CNC.O=S(=O)(O)CC(F)CCCCCCF. The number of unbranched alkanes of at least 4 members (excludes halogenated alkanes) is 3. The van der Waals surface area contributed by atoms with Crippen LogP contribution in [0.3, 0.4) is 0 Å². The highest BCUT2D eigenvalue weighted by Gasteiger charge is 2.14. The Hall–Kier alpha value is -0.270. The molecule has 0 aromatic rings. The molecule has 0 aliphatic heterocycles. The van der Waals surface area contributed by atoms with Crippen LogP contribution in [0.2, 0.25) is 0 Å². The van der Waals surface area contributed by atoms with Gasteiger partial charge in [0.1, 0.15) is 11.9 Å². The molecule has 0 rings (SSSR count). The van der Waals surface area contributed by atoms with Gasteiger partial charge in [-0.1, -0.05) is 19.3 Å². The normalized spacial score (nSPS) is 12.8. The predicted octanol–water partition coefficient (Wildman–Crippen LogP) is 1.97. The summed E-state index contributed by atoms with van der Waals surface area (Å²) in [6.45, 7) is -0.371. The van der Waals surface area contributed by atoms with Crippen LogP contribution in [0.4, 0.5) is 8.78 Å². The van der Waals surface area contributed by atoms with E-state index in [1.54, 1.807) is 0 Å². The highest BCUT2D eigenvalue weighted by molar-refractivity contribution is 7.85. The van der Waals surface area contributed by atoms with Crippen molar-refractivity contribution in [2.75, 3.05) is 26.5 Å². The average molecular weight is 275 g/mol. The van der Waals surface area contributed by atoms with Gasteiger partial charge >= 0.3 is 0 Å². The van der Waals surface area contributed by atoms with Crippen molar-refractivity contribution in [3.8, 4) is 0 Å². The van der Waals surface area contributed by atoms with Crippen LogP contribution >= 0.6 is 0 Å². The molecule has 0 heterocycles. The Morgan fingerprint density at radius 1 is 1.18 bits per heavy atom. The lowest BCUT2D eigenvalue weighted by Gasteiger charge is -2.05. The van der Waals surface area contributed by atoms with E-state index in [0.29, 0.717) is 25.7 Å². The van der Waals surface area contributed by atoms with Gasteiger partial charge in [-0.05, 0) is 26.9 Å². The minimum Gasteiger partial charge on any atom is -0.323 e. The topological polar surface area (TPSA) is 66.4 Å². The smallest absolute Gasteiger partial charge is 0.267 e. The number of rotatable bonds is 8. The average Bonchev–Trinajstić information content (AvgIpc) is 2.16. The largest absolute Gasteiger partial charge is 0.323 e. The first kappa shape index (κ1) is 19.1. The highest BCUT2D eigenvalue weighted by atomic mass is 32.2. The van der Waals surface area contributed by atoms with Gasteiger partial charge in [-0.2, -0.15) is 8.42 Å². The summed E-state index contributed by atoms with van der Waals surface area (Å²) >= 11 is 0. The lowest BCUT2D eigenvalue weighted by molar-refractivity contribution is 0.323. The molecule has 2 N–H and O–H groups in total. The van der Waals surface area contributed by atoms with Gasteiger partial charge < -0.3 is 5.32 Å². The van der Waals surface area contributed by atoms with Gasteiger partial charge in [0.2, 0.25) is 0 Å². The second kappa shape index (κ2) is 12.2. The maximum absolute atomic E-state index is 12.8. The van der Waals surface area contributed by atoms with Crippen molar-refractivity contribution in [1.29, 1.82) is 0 Å². The van der Waals surface area contributed by atoms with Crippen LogP contribution in [0.25, 0.3) is 0 Å². The van der Waals surface area contributed by atoms with Gasteiger partial charge in [0.15, 0.2) is 0 Å². The monoisotopic (exact) mass is 275 g/mol. The Morgan fingerprint density at radius 2 is 1.65 bits per heavy atom. The molecule has 0 saturated heterocycles. The third-order valence-corrected chi connectivity index (χ3v) is 2.58. The Balaban J connectivity index is 0. The summed E-state index contributed by atoms with van der Waals surface area (Å²) in [6.07, 6.45) is 0.957. The number of alkyl halides is 2. The fourth-order valence-corrected chi connectivity index (χ4v) is 1.75. The van der Waals surface area contributed by atoms with E-state index in [1.165, 1.54) is 0 Å². The fraction of sp³-hybridized carbons (Fsp3) is 1.00. The third-order valence-electron chi connectivity index (χ3n) is 1.79. The van der Waals surface area contributed by atoms with Crippen molar-refractivity contribution >= 4 is 10.1 Å². The molecule has 0 amide bonds. The maximum atomic E-state index is 12.8. The predicted molar refractivity (Wildman–Crippen MR) is 65.4 cm³/mol.